The number of phosphoric ester groups is 1. The Labute approximate surface area is 165 Å². The minimum absolute atomic E-state index is 0.605. The molecule has 0 spiro atoms. The van der Waals surface area contributed by atoms with Crippen molar-refractivity contribution in [2.24, 2.45) is 5.73 Å². The molecule has 1 aliphatic heterocycles. The zero-order valence-electron chi connectivity index (χ0n) is 14.2. The number of aromatic nitrogens is 2. The smallest absolute Gasteiger partial charge is 0.387 e. The van der Waals surface area contributed by atoms with E-state index >= 15 is 0 Å². The molecule has 6 atom stereocenters. The van der Waals surface area contributed by atoms with Crippen LogP contribution < -0.4 is 5.73 Å². The molecular formula is C9H15FN3O14P3. The lowest BCUT2D eigenvalue weighted by molar-refractivity contribution is -0.0580. The molecule has 30 heavy (non-hydrogen) atoms. The number of carbonyl (C=O) groups excluding carboxylic acids is 1. The van der Waals surface area contributed by atoms with E-state index in [4.69, 9.17) is 25.2 Å². The van der Waals surface area contributed by atoms with E-state index in [1.54, 1.807) is 0 Å². The van der Waals surface area contributed by atoms with Crippen LogP contribution in [-0.2, 0) is 31.6 Å². The van der Waals surface area contributed by atoms with Gasteiger partial charge >= 0.3 is 23.5 Å². The molecule has 1 aromatic heterocycles. The summed E-state index contributed by atoms with van der Waals surface area (Å²) in [5, 5.41) is 23.4. The normalized spacial score (nSPS) is 28.8. The number of aliphatic hydroxyl groups excluding tert-OH is 2. The third-order valence-corrected chi connectivity index (χ3v) is 7.14. The highest BCUT2D eigenvalue weighted by atomic mass is 31.3. The summed E-state index contributed by atoms with van der Waals surface area (Å²) in [6, 6.07) is 0. The van der Waals surface area contributed by atoms with Crippen LogP contribution in [0.1, 0.15) is 16.7 Å². The summed E-state index contributed by atoms with van der Waals surface area (Å²) in [7, 11) is -16.8. The summed E-state index contributed by atoms with van der Waals surface area (Å²) >= 11 is 0. The van der Waals surface area contributed by atoms with Crippen LogP contribution in [0.3, 0.4) is 0 Å². The third-order valence-electron chi connectivity index (χ3n) is 3.34. The number of rotatable bonds is 9. The molecule has 17 nitrogen and oxygen atoms in total. The standard InChI is InChI=1S/C9H15FN3O14P3/c10-3-1-13(12-5(3)8(11)16)9-7(15)6(14)4(25-9)2-24-29(20,21)27-30(22,23)26-28(17,18)19/h1,4,6-7,9,14-15H,2H2,(H2,11,16)(H,20,21)(H,22,23)(H2,17,18,19)/t4-,6-,7-,9-/m1/s1. The molecule has 1 aromatic rings. The molecule has 1 fully saturated rings. The van der Waals surface area contributed by atoms with Crippen molar-refractivity contribution < 1.29 is 70.5 Å². The highest BCUT2D eigenvalue weighted by molar-refractivity contribution is 7.66. The van der Waals surface area contributed by atoms with E-state index < -0.39 is 72.0 Å². The van der Waals surface area contributed by atoms with Gasteiger partial charge in [-0.15, -0.1) is 0 Å². The second-order valence-electron chi connectivity index (χ2n) is 5.60. The van der Waals surface area contributed by atoms with Crippen molar-refractivity contribution in [2.75, 3.05) is 6.61 Å². The van der Waals surface area contributed by atoms with Gasteiger partial charge in [-0.1, -0.05) is 0 Å². The molecule has 2 rings (SSSR count). The highest BCUT2D eigenvalue weighted by Crippen LogP contribution is 2.66. The summed E-state index contributed by atoms with van der Waals surface area (Å²) in [5.41, 5.74) is 4.10. The van der Waals surface area contributed by atoms with Crippen molar-refractivity contribution in [3.8, 4) is 0 Å². The zero-order valence-corrected chi connectivity index (χ0v) is 16.9. The lowest BCUT2D eigenvalue weighted by Crippen LogP contribution is -2.33. The quantitative estimate of drug-likeness (QED) is 0.182. The molecular weight excluding hydrogens is 486 g/mol. The Bertz CT molecular complexity index is 948. The number of aliphatic hydroxyl groups is 2. The van der Waals surface area contributed by atoms with Gasteiger partial charge in [0.25, 0.3) is 5.91 Å². The van der Waals surface area contributed by atoms with E-state index in [1.165, 1.54) is 0 Å². The number of nitrogens with zero attached hydrogens (tertiary/aromatic N) is 2. The number of carbonyl (C=O) groups is 1. The Hall–Kier alpha value is -1.10. The minimum atomic E-state index is -5.75. The number of hydrogen-bond acceptors (Lipinski definition) is 11. The van der Waals surface area contributed by atoms with Gasteiger partial charge < -0.3 is 40.3 Å². The largest absolute Gasteiger partial charge is 0.490 e. The average molecular weight is 501 g/mol. The van der Waals surface area contributed by atoms with Crippen molar-refractivity contribution in [3.05, 3.63) is 17.7 Å². The van der Waals surface area contributed by atoms with Gasteiger partial charge in [-0.05, 0) is 0 Å². The van der Waals surface area contributed by atoms with E-state index in [2.05, 4.69) is 18.2 Å². The molecule has 0 bridgehead atoms. The monoisotopic (exact) mass is 501 g/mol. The van der Waals surface area contributed by atoms with Gasteiger partial charge in [0.2, 0.25) is 0 Å². The lowest BCUT2D eigenvalue weighted by atomic mass is 10.1. The minimum Gasteiger partial charge on any atom is -0.387 e. The molecule has 2 heterocycles. The van der Waals surface area contributed by atoms with Gasteiger partial charge in [-0.3, -0.25) is 9.32 Å². The number of ether oxygens (including phenoxy) is 1. The highest BCUT2D eigenvalue weighted by Gasteiger charge is 2.47. The van der Waals surface area contributed by atoms with Gasteiger partial charge in [0, 0.05) is 0 Å². The van der Waals surface area contributed by atoms with E-state index in [0.29, 0.717) is 10.9 Å². The van der Waals surface area contributed by atoms with Crippen LogP contribution in [0.2, 0.25) is 0 Å². The first-order valence-corrected chi connectivity index (χ1v) is 11.9. The molecule has 8 N–H and O–H groups in total. The summed E-state index contributed by atoms with van der Waals surface area (Å²) in [6.45, 7) is -1.08. The molecule has 1 saturated heterocycles. The second kappa shape index (κ2) is 8.80. The fourth-order valence-electron chi connectivity index (χ4n) is 2.22. The van der Waals surface area contributed by atoms with E-state index in [0.717, 1.165) is 0 Å². The lowest BCUT2D eigenvalue weighted by Gasteiger charge is -2.19. The van der Waals surface area contributed by atoms with Crippen molar-refractivity contribution in [1.82, 2.24) is 9.78 Å². The van der Waals surface area contributed by atoms with Gasteiger partial charge in [-0.25, -0.2) is 22.8 Å². The topological polar surface area (TPSA) is 270 Å². The number of primary amides is 1. The maximum Gasteiger partial charge on any atom is 0.490 e. The summed E-state index contributed by atoms with van der Waals surface area (Å²) in [6.07, 6.45) is -6.23. The van der Waals surface area contributed by atoms with Crippen LogP contribution in [-0.4, -0.2) is 70.4 Å². The van der Waals surface area contributed by atoms with Crippen LogP contribution in [0.15, 0.2) is 6.20 Å². The maximum atomic E-state index is 13.6. The maximum absolute atomic E-state index is 13.6. The van der Waals surface area contributed by atoms with Crippen LogP contribution >= 0.6 is 23.5 Å². The number of amides is 1. The predicted octanol–water partition coefficient (Wildman–Crippen LogP) is -1.92. The first-order valence-electron chi connectivity index (χ1n) is 7.36. The van der Waals surface area contributed by atoms with Crippen molar-refractivity contribution in [2.45, 2.75) is 24.5 Å². The van der Waals surface area contributed by atoms with Crippen molar-refractivity contribution in [1.29, 1.82) is 0 Å². The first kappa shape index (κ1) is 25.2. The Morgan fingerprint density at radius 3 is 2.27 bits per heavy atom. The second-order valence-corrected chi connectivity index (χ2v) is 10.0. The van der Waals surface area contributed by atoms with Gasteiger partial charge in [-0.2, -0.15) is 13.7 Å². The average Bonchev–Trinajstić information content (AvgIpc) is 3.04. The third kappa shape index (κ3) is 6.45. The van der Waals surface area contributed by atoms with E-state index in [1.807, 2.05) is 0 Å². The predicted molar refractivity (Wildman–Crippen MR) is 86.4 cm³/mol. The molecule has 2 unspecified atom stereocenters. The fourth-order valence-corrected chi connectivity index (χ4v) is 5.25. The summed E-state index contributed by atoms with van der Waals surface area (Å²) in [4.78, 5) is 46.3. The zero-order chi connectivity index (χ0) is 23.1. The Morgan fingerprint density at radius 2 is 1.77 bits per heavy atom. The number of hydrogen-bond donors (Lipinski definition) is 7. The van der Waals surface area contributed by atoms with Crippen molar-refractivity contribution >= 4 is 29.4 Å². The van der Waals surface area contributed by atoms with Crippen LogP contribution in [0, 0.1) is 5.82 Å². The number of halogens is 1. The molecule has 0 radical (unpaired) electrons. The molecule has 1 amide bonds. The molecule has 21 heteroatoms. The Kier molecular flexibility index (Phi) is 7.38. The number of nitrogens with two attached hydrogens (primary N) is 1. The van der Waals surface area contributed by atoms with Crippen LogP contribution in [0.4, 0.5) is 4.39 Å². The molecule has 0 aliphatic carbocycles. The van der Waals surface area contributed by atoms with Gasteiger partial charge in [0.05, 0.1) is 12.8 Å². The molecule has 0 saturated carbocycles. The Morgan fingerprint density at radius 1 is 1.17 bits per heavy atom. The van der Waals surface area contributed by atoms with Gasteiger partial charge in [0.1, 0.15) is 18.3 Å². The van der Waals surface area contributed by atoms with Crippen molar-refractivity contribution in [3.63, 3.8) is 0 Å². The number of phosphoric acid groups is 3. The SMILES string of the molecule is NC(=O)c1nn([C@@H]2O[C@H](COP(=O)(O)OP(=O)(O)OP(=O)(O)O)[C@@H](O)[C@H]2O)cc1F. The molecule has 172 valence electrons. The molecule has 0 aromatic carbocycles. The van der Waals surface area contributed by atoms with E-state index in [-0.39, 0.29) is 0 Å². The molecule has 1 aliphatic rings. The van der Waals surface area contributed by atoms with Gasteiger partial charge in [0.15, 0.2) is 17.7 Å². The summed E-state index contributed by atoms with van der Waals surface area (Å²) in [5.74, 6) is -2.40. The first-order chi connectivity index (χ1) is 13.5. The summed E-state index contributed by atoms with van der Waals surface area (Å²) < 4.78 is 64.0. The Balaban J connectivity index is 2.05. The van der Waals surface area contributed by atoms with E-state index in [9.17, 15) is 38.0 Å². The fraction of sp³-hybridized carbons (Fsp3) is 0.556. The van der Waals surface area contributed by atoms with Crippen LogP contribution in [0.25, 0.3) is 0 Å². The van der Waals surface area contributed by atoms with Crippen LogP contribution in [0.5, 0.6) is 0 Å².